The van der Waals surface area contributed by atoms with Gasteiger partial charge in [0, 0.05) is 55.0 Å². The lowest BCUT2D eigenvalue weighted by atomic mass is 10.1. The molecular weight excluding hydrogens is 859 g/mol. The molecule has 0 atom stereocenters. The lowest BCUT2D eigenvalue weighted by molar-refractivity contribution is 0.677. The van der Waals surface area contributed by atoms with Gasteiger partial charge in [-0.1, -0.05) is 133 Å². The zero-order valence-electron chi connectivity index (χ0n) is 37.4. The number of pyridine rings is 1. The van der Waals surface area contributed by atoms with E-state index in [0.29, 0.717) is 17.5 Å². The third-order valence-electron chi connectivity index (χ3n) is 13.9. The van der Waals surface area contributed by atoms with Crippen molar-refractivity contribution in [2.45, 2.75) is 0 Å². The lowest BCUT2D eigenvalue weighted by Gasteiger charge is -2.10. The highest BCUT2D eigenvalue weighted by Gasteiger charge is 2.24. The Kier molecular flexibility index (Phi) is 8.20. The average Bonchev–Trinajstić information content (AvgIpc) is 4.18. The van der Waals surface area contributed by atoms with Crippen molar-refractivity contribution in [2.24, 2.45) is 0 Å². The molecule has 0 aliphatic rings. The molecule has 0 radical (unpaired) electrons. The number of hydrogen-bond acceptors (Lipinski definition) is 5. The smallest absolute Gasteiger partial charge is 0.164 e. The Hall–Kier alpha value is -9.66. The van der Waals surface area contributed by atoms with E-state index < -0.39 is 0 Å². The zero-order valence-corrected chi connectivity index (χ0v) is 37.4. The fourth-order valence-corrected chi connectivity index (χ4v) is 10.8. The van der Waals surface area contributed by atoms with Gasteiger partial charge < -0.3 is 13.6 Å². The van der Waals surface area contributed by atoms with Gasteiger partial charge in [-0.15, -0.1) is 0 Å². The first-order valence-electron chi connectivity index (χ1n) is 23.5. The first-order valence-corrected chi connectivity index (χ1v) is 23.5. The van der Waals surface area contributed by atoms with Gasteiger partial charge in [-0.25, -0.2) is 19.9 Å². The number of hydrogen-bond donors (Lipinski definition) is 0. The highest BCUT2D eigenvalue weighted by molar-refractivity contribution is 6.28. The minimum absolute atomic E-state index is 0.613. The predicted molar refractivity (Wildman–Crippen MR) is 284 cm³/mol. The van der Waals surface area contributed by atoms with E-state index in [2.05, 4.69) is 177 Å². The van der Waals surface area contributed by atoms with Crippen molar-refractivity contribution in [3.05, 3.63) is 224 Å². The first-order chi connectivity index (χ1) is 34.7. The van der Waals surface area contributed by atoms with Crippen LogP contribution in [0.1, 0.15) is 0 Å². The molecule has 0 amide bonds. The maximum atomic E-state index is 7.34. The fraction of sp³-hybridized carbons (Fsp3) is 0. The molecule has 0 aliphatic carbocycles. The molecule has 9 aromatic carbocycles. The van der Waals surface area contributed by atoms with Crippen LogP contribution in [0.25, 0.3) is 139 Å². The maximum absolute atomic E-state index is 7.34. The molecule has 15 aromatic rings. The Morgan fingerprint density at radius 1 is 0.271 bits per heavy atom. The number of aromatic nitrogens is 7. The van der Waals surface area contributed by atoms with Crippen LogP contribution in [0.2, 0.25) is 0 Å². The second-order valence-electron chi connectivity index (χ2n) is 17.8. The van der Waals surface area contributed by atoms with Gasteiger partial charge in [-0.2, -0.15) is 0 Å². The van der Waals surface area contributed by atoms with E-state index >= 15 is 0 Å². The molecule has 15 rings (SSSR count). The molecule has 0 bridgehead atoms. The molecule has 0 saturated heterocycles. The summed E-state index contributed by atoms with van der Waals surface area (Å²) in [5.74, 6) is 2.73. The molecule has 6 aromatic heterocycles. The van der Waals surface area contributed by atoms with E-state index in [0.717, 1.165) is 111 Å². The Bertz CT molecular complexity index is 4460. The third-order valence-corrected chi connectivity index (χ3v) is 13.9. The zero-order chi connectivity index (χ0) is 45.9. The number of benzene rings is 9. The summed E-state index contributed by atoms with van der Waals surface area (Å²) in [5.41, 5.74) is 13.8. The Morgan fingerprint density at radius 2 is 0.700 bits per heavy atom. The summed E-state index contributed by atoms with van der Waals surface area (Å²) in [6, 6.07) is 78.2. The summed E-state index contributed by atoms with van der Waals surface area (Å²) in [6.07, 6.45) is 0. The standard InChI is InChI=1S/C62H37N7O/c1-4-16-38(17-5-1)60-64-61(39-18-6-2-7-19-39)66-62(65-60)40-28-30-42(31-29-40)67-50-27-15-12-24-47(50)55-51(67)34-32-45-46-33-35-52-56(59(46)70-58(45)55)57-53(68(52)41-20-8-3-9-21-41)36-37-54(63-57)69-48-25-13-10-22-43(48)44-23-11-14-26-49(44)69/h1-37H. The monoisotopic (exact) mass is 895 g/mol. The quantitative estimate of drug-likeness (QED) is 0.166. The summed E-state index contributed by atoms with van der Waals surface area (Å²) in [6.45, 7) is 0. The van der Waals surface area contributed by atoms with E-state index in [4.69, 9.17) is 24.4 Å². The minimum Gasteiger partial charge on any atom is -0.455 e. The SMILES string of the molecule is c1ccc(-c2nc(-c3ccccc3)nc(-c3ccc(-n4c5ccccc5c5c6oc7c(ccc8c7c7nc(-n9c%10ccccc%10c%10ccccc%109)ccc7n8-c7ccccc7)c6ccc54)cc3)n2)cc1. The van der Waals surface area contributed by atoms with Crippen molar-refractivity contribution >= 4 is 87.5 Å². The van der Waals surface area contributed by atoms with Gasteiger partial charge in [0.05, 0.1) is 43.9 Å². The van der Waals surface area contributed by atoms with E-state index in [1.165, 1.54) is 10.8 Å². The van der Waals surface area contributed by atoms with E-state index in [-0.39, 0.29) is 0 Å². The fourth-order valence-electron chi connectivity index (χ4n) is 10.8. The number of rotatable bonds is 6. The Labute approximate surface area is 399 Å². The highest BCUT2D eigenvalue weighted by Crippen LogP contribution is 2.45. The lowest BCUT2D eigenvalue weighted by Crippen LogP contribution is -2.00. The average molecular weight is 896 g/mol. The van der Waals surface area contributed by atoms with Crippen molar-refractivity contribution in [1.82, 2.24) is 33.6 Å². The normalized spacial score (nSPS) is 12.0. The highest BCUT2D eigenvalue weighted by atomic mass is 16.3. The predicted octanol–water partition coefficient (Wildman–Crippen LogP) is 15.5. The Balaban J connectivity index is 0.933. The van der Waals surface area contributed by atoms with Gasteiger partial charge >= 0.3 is 0 Å². The second-order valence-corrected chi connectivity index (χ2v) is 17.8. The van der Waals surface area contributed by atoms with Crippen molar-refractivity contribution in [3.63, 3.8) is 0 Å². The van der Waals surface area contributed by atoms with Crippen molar-refractivity contribution < 1.29 is 4.42 Å². The molecule has 0 aliphatic heterocycles. The van der Waals surface area contributed by atoms with Gasteiger partial charge in [0.25, 0.3) is 0 Å². The van der Waals surface area contributed by atoms with Crippen LogP contribution in [0.15, 0.2) is 229 Å². The van der Waals surface area contributed by atoms with Crippen LogP contribution in [-0.2, 0) is 0 Å². The van der Waals surface area contributed by atoms with Crippen molar-refractivity contribution in [3.8, 4) is 51.4 Å². The number of furan rings is 1. The molecule has 0 fully saturated rings. The van der Waals surface area contributed by atoms with E-state index in [9.17, 15) is 0 Å². The van der Waals surface area contributed by atoms with Crippen LogP contribution in [0, 0.1) is 0 Å². The molecule has 326 valence electrons. The van der Waals surface area contributed by atoms with E-state index in [1.807, 2.05) is 60.7 Å². The van der Waals surface area contributed by atoms with Gasteiger partial charge in [0.1, 0.15) is 22.5 Å². The van der Waals surface area contributed by atoms with Crippen LogP contribution in [0.5, 0.6) is 0 Å². The van der Waals surface area contributed by atoms with Crippen LogP contribution in [-0.4, -0.2) is 33.6 Å². The van der Waals surface area contributed by atoms with Crippen LogP contribution in [0.4, 0.5) is 0 Å². The summed E-state index contributed by atoms with van der Waals surface area (Å²) >= 11 is 0. The molecule has 0 saturated carbocycles. The van der Waals surface area contributed by atoms with Crippen molar-refractivity contribution in [1.29, 1.82) is 0 Å². The molecule has 0 N–H and O–H groups in total. The third kappa shape index (κ3) is 5.64. The molecule has 70 heavy (non-hydrogen) atoms. The second kappa shape index (κ2) is 14.9. The first kappa shape index (κ1) is 38.4. The summed E-state index contributed by atoms with van der Waals surface area (Å²) in [5, 5.41) is 7.64. The summed E-state index contributed by atoms with van der Waals surface area (Å²) in [7, 11) is 0. The Morgan fingerprint density at radius 3 is 1.29 bits per heavy atom. The molecule has 8 nitrogen and oxygen atoms in total. The molecule has 0 unspecified atom stereocenters. The number of nitrogens with zero attached hydrogens (tertiary/aromatic N) is 7. The minimum atomic E-state index is 0.613. The molecule has 8 heteroatoms. The number of para-hydroxylation sites is 4. The summed E-state index contributed by atoms with van der Waals surface area (Å²) in [4.78, 5) is 20.5. The van der Waals surface area contributed by atoms with Gasteiger partial charge in [0.2, 0.25) is 0 Å². The van der Waals surface area contributed by atoms with Gasteiger partial charge in [-0.3, -0.25) is 4.57 Å². The maximum Gasteiger partial charge on any atom is 0.164 e. The van der Waals surface area contributed by atoms with Gasteiger partial charge in [0.15, 0.2) is 17.5 Å². The number of fused-ring (bicyclic) bond motifs is 14. The van der Waals surface area contributed by atoms with Crippen LogP contribution >= 0.6 is 0 Å². The topological polar surface area (TPSA) is 79.5 Å². The van der Waals surface area contributed by atoms with E-state index in [1.54, 1.807) is 0 Å². The largest absolute Gasteiger partial charge is 0.455 e. The summed E-state index contributed by atoms with van der Waals surface area (Å²) < 4.78 is 14.3. The molecule has 0 spiro atoms. The molecular formula is C62H37N7O. The molecule has 6 heterocycles. The van der Waals surface area contributed by atoms with Crippen molar-refractivity contribution in [2.75, 3.05) is 0 Å². The van der Waals surface area contributed by atoms with Crippen LogP contribution in [0.3, 0.4) is 0 Å². The van der Waals surface area contributed by atoms with Gasteiger partial charge in [-0.05, 0) is 91.0 Å². The van der Waals surface area contributed by atoms with Crippen LogP contribution < -0.4 is 0 Å².